The van der Waals surface area contributed by atoms with Crippen molar-refractivity contribution in [3.8, 4) is 0 Å². The molecule has 2 unspecified atom stereocenters. The number of rotatable bonds is 1. The van der Waals surface area contributed by atoms with Crippen LogP contribution in [0, 0.1) is 5.41 Å². The van der Waals surface area contributed by atoms with Crippen molar-refractivity contribution < 1.29 is 19.4 Å². The first-order chi connectivity index (χ1) is 7.86. The normalized spacial score (nSPS) is 35.6. The average Bonchev–Trinajstić information content (AvgIpc) is 2.50. The fourth-order valence-electron chi connectivity index (χ4n) is 3.09. The van der Waals surface area contributed by atoms with Crippen molar-refractivity contribution in [1.29, 1.82) is 0 Å². The third-order valence-corrected chi connectivity index (χ3v) is 3.96. The van der Waals surface area contributed by atoms with Gasteiger partial charge in [-0.1, -0.05) is 13.8 Å². The van der Waals surface area contributed by atoms with Gasteiger partial charge in [0, 0.05) is 6.04 Å². The Labute approximate surface area is 101 Å². The van der Waals surface area contributed by atoms with Crippen LogP contribution in [0.5, 0.6) is 0 Å². The van der Waals surface area contributed by atoms with E-state index in [9.17, 15) is 14.7 Å². The Morgan fingerprint density at radius 2 is 2.18 bits per heavy atom. The van der Waals surface area contributed by atoms with Crippen LogP contribution in [-0.2, 0) is 14.3 Å². The van der Waals surface area contributed by atoms with Crippen molar-refractivity contribution in [1.82, 2.24) is 4.90 Å². The first-order valence-electron chi connectivity index (χ1n) is 5.94. The summed E-state index contributed by atoms with van der Waals surface area (Å²) in [5, 5.41) is 9.68. The maximum atomic E-state index is 12.0. The third-order valence-electron chi connectivity index (χ3n) is 3.96. The Morgan fingerprint density at radius 1 is 1.53 bits per heavy atom. The van der Waals surface area contributed by atoms with E-state index in [4.69, 9.17) is 4.74 Å². The van der Waals surface area contributed by atoms with Crippen LogP contribution in [0.3, 0.4) is 0 Å². The maximum Gasteiger partial charge on any atom is 0.328 e. The lowest BCUT2D eigenvalue weighted by Gasteiger charge is -2.39. The van der Waals surface area contributed by atoms with Gasteiger partial charge in [0.25, 0.3) is 0 Å². The molecule has 0 aromatic heterocycles. The number of aliphatic hydroxyl groups is 1. The summed E-state index contributed by atoms with van der Waals surface area (Å²) in [5.41, 5.74) is -0.157. The first kappa shape index (κ1) is 12.4. The van der Waals surface area contributed by atoms with Gasteiger partial charge in [-0.15, -0.1) is 0 Å². The molecule has 2 rings (SSSR count). The number of carbonyl (C=O) groups excluding carboxylic acids is 2. The van der Waals surface area contributed by atoms with Crippen LogP contribution in [0.2, 0.25) is 0 Å². The Bertz CT molecular complexity index is 352. The van der Waals surface area contributed by atoms with Crippen LogP contribution >= 0.6 is 0 Å². The van der Waals surface area contributed by atoms with Crippen molar-refractivity contribution in [2.24, 2.45) is 5.41 Å². The maximum absolute atomic E-state index is 12.0. The summed E-state index contributed by atoms with van der Waals surface area (Å²) in [5.74, 6) is -0.500. The zero-order chi connectivity index (χ0) is 12.8. The van der Waals surface area contributed by atoms with Crippen LogP contribution in [0.4, 0.5) is 0 Å². The van der Waals surface area contributed by atoms with Crippen molar-refractivity contribution in [2.45, 2.75) is 51.3 Å². The topological polar surface area (TPSA) is 66.8 Å². The van der Waals surface area contributed by atoms with E-state index in [1.165, 1.54) is 7.11 Å². The number of piperidine rings is 1. The minimum Gasteiger partial charge on any atom is -0.467 e. The molecule has 0 aromatic rings. The molecule has 0 bridgehead atoms. The van der Waals surface area contributed by atoms with Gasteiger partial charge in [-0.3, -0.25) is 4.79 Å². The molecule has 0 aromatic carbocycles. The number of hydrogen-bond acceptors (Lipinski definition) is 4. The largest absolute Gasteiger partial charge is 0.467 e. The molecule has 5 nitrogen and oxygen atoms in total. The molecule has 0 spiro atoms. The Morgan fingerprint density at radius 3 is 2.76 bits per heavy atom. The van der Waals surface area contributed by atoms with E-state index < -0.39 is 12.1 Å². The van der Waals surface area contributed by atoms with Gasteiger partial charge in [-0.2, -0.15) is 0 Å². The molecule has 2 aliphatic rings. The summed E-state index contributed by atoms with van der Waals surface area (Å²) in [6.07, 6.45) is 0.675. The van der Waals surface area contributed by atoms with E-state index in [1.807, 2.05) is 13.8 Å². The van der Waals surface area contributed by atoms with Gasteiger partial charge in [0.1, 0.15) is 6.04 Å². The highest BCUT2D eigenvalue weighted by molar-refractivity contribution is 5.86. The van der Waals surface area contributed by atoms with Crippen molar-refractivity contribution in [3.05, 3.63) is 0 Å². The highest BCUT2D eigenvalue weighted by Gasteiger charge is 2.54. The van der Waals surface area contributed by atoms with E-state index in [0.717, 1.165) is 0 Å². The second kappa shape index (κ2) is 3.98. The lowest BCUT2D eigenvalue weighted by Crippen LogP contribution is -2.52. The predicted octanol–water partition coefficient (Wildman–Crippen LogP) is 0.310. The highest BCUT2D eigenvalue weighted by Crippen LogP contribution is 2.45. The summed E-state index contributed by atoms with van der Waals surface area (Å²) in [6, 6.07) is -0.553. The number of fused-ring (bicyclic) bond motifs is 1. The second-order valence-electron chi connectivity index (χ2n) is 5.64. The molecule has 96 valence electrons. The van der Waals surface area contributed by atoms with Gasteiger partial charge in [0.05, 0.1) is 19.6 Å². The summed E-state index contributed by atoms with van der Waals surface area (Å²) >= 11 is 0. The number of carbonyl (C=O) groups is 2. The Balaban J connectivity index is 2.30. The number of hydrogen-bond donors (Lipinski definition) is 1. The molecule has 2 saturated heterocycles. The standard InChI is InChI=1S/C12H19NO4/c1-12(2)6-8(11(16)17-3)13-9(12)4-7(14)5-10(13)15/h7-9,14H,4-6H2,1-3H3/t7?,8-,9?/m0/s1. The number of nitrogens with zero attached hydrogens (tertiary/aromatic N) is 1. The van der Waals surface area contributed by atoms with Crippen LogP contribution < -0.4 is 0 Å². The molecule has 1 N–H and O–H groups in total. The van der Waals surface area contributed by atoms with Crippen molar-refractivity contribution in [3.63, 3.8) is 0 Å². The average molecular weight is 241 g/mol. The number of ether oxygens (including phenoxy) is 1. The smallest absolute Gasteiger partial charge is 0.328 e. The van der Waals surface area contributed by atoms with Crippen molar-refractivity contribution >= 4 is 11.9 Å². The number of methoxy groups -OCH3 is 1. The molecule has 0 radical (unpaired) electrons. The molecule has 3 atom stereocenters. The molecule has 17 heavy (non-hydrogen) atoms. The SMILES string of the molecule is COC(=O)[C@@H]1CC(C)(C)C2CC(O)CC(=O)N21. The highest BCUT2D eigenvalue weighted by atomic mass is 16.5. The number of esters is 1. The lowest BCUT2D eigenvalue weighted by molar-refractivity contribution is -0.156. The molecule has 2 aliphatic heterocycles. The van der Waals surface area contributed by atoms with E-state index in [-0.39, 0.29) is 29.8 Å². The van der Waals surface area contributed by atoms with Crippen LogP contribution in [-0.4, -0.2) is 47.2 Å². The summed E-state index contributed by atoms with van der Waals surface area (Å²) in [7, 11) is 1.34. The van der Waals surface area contributed by atoms with Gasteiger partial charge < -0.3 is 14.7 Å². The molecular formula is C12H19NO4. The van der Waals surface area contributed by atoms with Gasteiger partial charge in [-0.25, -0.2) is 4.79 Å². The van der Waals surface area contributed by atoms with Gasteiger partial charge in [-0.05, 0) is 18.3 Å². The molecule has 0 aliphatic carbocycles. The van der Waals surface area contributed by atoms with Crippen LogP contribution in [0.1, 0.15) is 33.1 Å². The van der Waals surface area contributed by atoms with E-state index in [0.29, 0.717) is 12.8 Å². The zero-order valence-corrected chi connectivity index (χ0v) is 10.5. The minimum absolute atomic E-state index is 0.0668. The second-order valence-corrected chi connectivity index (χ2v) is 5.64. The molecule has 5 heteroatoms. The van der Waals surface area contributed by atoms with Gasteiger partial charge >= 0.3 is 5.97 Å². The summed E-state index contributed by atoms with van der Waals surface area (Å²) in [4.78, 5) is 25.3. The quantitative estimate of drug-likeness (QED) is 0.671. The Kier molecular flexibility index (Phi) is 2.89. The third kappa shape index (κ3) is 1.92. The number of aliphatic hydroxyl groups excluding tert-OH is 1. The van der Waals surface area contributed by atoms with Crippen LogP contribution in [0.25, 0.3) is 0 Å². The lowest BCUT2D eigenvalue weighted by atomic mass is 9.80. The monoisotopic (exact) mass is 241 g/mol. The van der Waals surface area contributed by atoms with Gasteiger partial charge in [0.15, 0.2) is 0 Å². The zero-order valence-electron chi connectivity index (χ0n) is 10.5. The fourth-order valence-corrected chi connectivity index (χ4v) is 3.09. The summed E-state index contributed by atoms with van der Waals surface area (Å²) < 4.78 is 4.76. The molecule has 2 fully saturated rings. The summed E-state index contributed by atoms with van der Waals surface area (Å²) in [6.45, 7) is 4.05. The molecule has 2 heterocycles. The Hall–Kier alpha value is -1.10. The van der Waals surface area contributed by atoms with Crippen molar-refractivity contribution in [2.75, 3.05) is 7.11 Å². The van der Waals surface area contributed by atoms with Gasteiger partial charge in [0.2, 0.25) is 5.91 Å². The van der Waals surface area contributed by atoms with E-state index in [2.05, 4.69) is 0 Å². The van der Waals surface area contributed by atoms with Crippen LogP contribution in [0.15, 0.2) is 0 Å². The number of amides is 1. The minimum atomic E-state index is -0.584. The molecule has 1 amide bonds. The molecule has 0 saturated carbocycles. The van der Waals surface area contributed by atoms with E-state index >= 15 is 0 Å². The fraction of sp³-hybridized carbons (Fsp3) is 0.833. The first-order valence-corrected chi connectivity index (χ1v) is 5.94. The predicted molar refractivity (Wildman–Crippen MR) is 60.1 cm³/mol. The molecular weight excluding hydrogens is 222 g/mol. The van der Waals surface area contributed by atoms with E-state index in [1.54, 1.807) is 4.90 Å².